The topological polar surface area (TPSA) is 69.7 Å². The highest BCUT2D eigenvalue weighted by atomic mass is 32.2. The summed E-state index contributed by atoms with van der Waals surface area (Å²) in [6.07, 6.45) is 1.11. The molecule has 4 aromatic carbocycles. The van der Waals surface area contributed by atoms with Crippen LogP contribution in [0.3, 0.4) is 0 Å². The van der Waals surface area contributed by atoms with Crippen LogP contribution in [0.5, 0.6) is 5.75 Å². The Morgan fingerprint density at radius 2 is 1.19 bits per heavy atom. The summed E-state index contributed by atoms with van der Waals surface area (Å²) in [6.45, 7) is 6.41. The van der Waals surface area contributed by atoms with Crippen LogP contribution in [0.25, 0.3) is 0 Å². The first kappa shape index (κ1) is 30.3. The molecule has 0 fully saturated rings. The van der Waals surface area contributed by atoms with E-state index in [-0.39, 0.29) is 17.5 Å². The Balaban J connectivity index is 1.30. The molecule has 0 heterocycles. The molecule has 4 aromatic rings. The van der Waals surface area contributed by atoms with Gasteiger partial charge in [-0.15, -0.1) is 0 Å². The fourth-order valence-corrected chi connectivity index (χ4v) is 4.16. The molecule has 5 nitrogen and oxygen atoms in total. The van der Waals surface area contributed by atoms with Gasteiger partial charge in [-0.05, 0) is 102 Å². The maximum Gasteiger partial charge on any atom is 0.371 e. The third kappa shape index (κ3) is 9.47. The summed E-state index contributed by atoms with van der Waals surface area (Å²) in [7, 11) is 0. The fraction of sp³-hybridized carbons (Fsp3) is 0.0278. The van der Waals surface area contributed by atoms with E-state index >= 15 is 0 Å². The standard InChI is InChI=1S/C36H23FO5S/c1-3-34(38)41-24-30-16-22-33(23-17-30)43-36(40)31-18-12-28(13-19-31)10-8-26-4-6-27(7-5-26)9-11-29-14-20-32(21-15-29)42-35(39)25(2)37/h3-7,12-23H,1-2,24H2. The molecule has 0 unspecified atom stereocenters. The first-order valence-corrected chi connectivity index (χ1v) is 13.6. The van der Waals surface area contributed by atoms with E-state index in [4.69, 9.17) is 9.47 Å². The number of halogens is 1. The zero-order valence-corrected chi connectivity index (χ0v) is 23.6. The second-order valence-electron chi connectivity index (χ2n) is 8.82. The minimum atomic E-state index is -1.16. The number of thioether (sulfide) groups is 1. The van der Waals surface area contributed by atoms with Crippen LogP contribution in [0.1, 0.15) is 38.2 Å². The van der Waals surface area contributed by atoms with Gasteiger partial charge in [0.15, 0.2) is 0 Å². The van der Waals surface area contributed by atoms with Crippen LogP contribution in [0.2, 0.25) is 0 Å². The number of hydrogen-bond acceptors (Lipinski definition) is 6. The van der Waals surface area contributed by atoms with E-state index in [2.05, 4.69) is 36.8 Å². The van der Waals surface area contributed by atoms with Gasteiger partial charge in [0.25, 0.3) is 0 Å². The van der Waals surface area contributed by atoms with E-state index in [9.17, 15) is 18.8 Å². The molecular weight excluding hydrogens is 563 g/mol. The lowest BCUT2D eigenvalue weighted by Gasteiger charge is -2.04. The van der Waals surface area contributed by atoms with E-state index in [0.717, 1.165) is 45.0 Å². The fourth-order valence-electron chi connectivity index (χ4n) is 3.42. The van der Waals surface area contributed by atoms with Crippen LogP contribution < -0.4 is 4.74 Å². The molecule has 0 radical (unpaired) electrons. The molecule has 0 aliphatic carbocycles. The highest BCUT2D eigenvalue weighted by Gasteiger charge is 2.09. The van der Waals surface area contributed by atoms with Gasteiger partial charge in [-0.25, -0.2) is 9.59 Å². The number of ether oxygens (including phenoxy) is 2. The molecule has 0 aromatic heterocycles. The van der Waals surface area contributed by atoms with Crippen LogP contribution >= 0.6 is 11.8 Å². The van der Waals surface area contributed by atoms with Crippen molar-refractivity contribution in [3.8, 4) is 29.4 Å². The minimum Gasteiger partial charge on any atom is -0.458 e. The third-order valence-corrected chi connectivity index (χ3v) is 6.60. The number of carbonyl (C=O) groups is 3. The molecule has 7 heteroatoms. The van der Waals surface area contributed by atoms with Crippen molar-refractivity contribution >= 4 is 28.8 Å². The molecule has 0 N–H and O–H groups in total. The normalized spacial score (nSPS) is 9.79. The van der Waals surface area contributed by atoms with Crippen LogP contribution in [-0.2, 0) is 20.9 Å². The van der Waals surface area contributed by atoms with Crippen molar-refractivity contribution < 1.29 is 28.2 Å². The lowest BCUT2D eigenvalue weighted by molar-refractivity contribution is -0.139. The molecule has 0 bridgehead atoms. The first-order chi connectivity index (χ1) is 20.8. The monoisotopic (exact) mass is 586 g/mol. The Kier molecular flexibility index (Phi) is 10.5. The Morgan fingerprint density at radius 3 is 1.65 bits per heavy atom. The van der Waals surface area contributed by atoms with Gasteiger partial charge in [0.1, 0.15) is 12.4 Å². The number of carbonyl (C=O) groups excluding carboxylic acids is 3. The number of benzene rings is 4. The van der Waals surface area contributed by atoms with Gasteiger partial charge in [-0.3, -0.25) is 4.79 Å². The van der Waals surface area contributed by atoms with E-state index in [0.29, 0.717) is 11.1 Å². The molecule has 0 aliphatic rings. The van der Waals surface area contributed by atoms with Crippen molar-refractivity contribution in [1.29, 1.82) is 0 Å². The van der Waals surface area contributed by atoms with Gasteiger partial charge in [0.05, 0.1) is 0 Å². The van der Waals surface area contributed by atoms with Crippen LogP contribution in [0.4, 0.5) is 4.39 Å². The van der Waals surface area contributed by atoms with Gasteiger partial charge < -0.3 is 9.47 Å². The Bertz CT molecular complexity index is 1780. The van der Waals surface area contributed by atoms with Gasteiger partial charge in [0.2, 0.25) is 10.9 Å². The van der Waals surface area contributed by atoms with Crippen LogP contribution in [-0.4, -0.2) is 17.1 Å². The summed E-state index contributed by atoms with van der Waals surface area (Å²) in [5.74, 6) is 9.70. The summed E-state index contributed by atoms with van der Waals surface area (Å²) < 4.78 is 22.6. The van der Waals surface area contributed by atoms with E-state index < -0.39 is 17.8 Å². The molecule has 4 rings (SSSR count). The maximum absolute atomic E-state index is 12.8. The van der Waals surface area contributed by atoms with E-state index in [1.165, 1.54) is 12.1 Å². The summed E-state index contributed by atoms with van der Waals surface area (Å²) in [4.78, 5) is 35.9. The highest BCUT2D eigenvalue weighted by Crippen LogP contribution is 2.24. The lowest BCUT2D eigenvalue weighted by atomic mass is 10.1. The number of rotatable bonds is 7. The van der Waals surface area contributed by atoms with Gasteiger partial charge >= 0.3 is 11.9 Å². The third-order valence-electron chi connectivity index (χ3n) is 5.68. The molecule has 0 spiro atoms. The largest absolute Gasteiger partial charge is 0.458 e. The Hall–Kier alpha value is -5.63. The number of esters is 2. The number of hydrogen-bond donors (Lipinski definition) is 0. The van der Waals surface area contributed by atoms with Crippen molar-refractivity contribution in [2.45, 2.75) is 11.5 Å². The summed E-state index contributed by atoms with van der Waals surface area (Å²) >= 11 is 1.11. The van der Waals surface area contributed by atoms with Gasteiger partial charge in [-0.2, -0.15) is 4.39 Å². The summed E-state index contributed by atoms with van der Waals surface area (Å²) in [6, 6.07) is 28.2. The average molecular weight is 587 g/mol. The first-order valence-electron chi connectivity index (χ1n) is 12.8. The van der Waals surface area contributed by atoms with E-state index in [1.54, 1.807) is 48.5 Å². The van der Waals surface area contributed by atoms with Crippen molar-refractivity contribution in [2.24, 2.45) is 0 Å². The quantitative estimate of drug-likeness (QED) is 0.0761. The molecule has 0 saturated heterocycles. The zero-order valence-electron chi connectivity index (χ0n) is 22.8. The molecule has 210 valence electrons. The van der Waals surface area contributed by atoms with Crippen LogP contribution in [0.15, 0.2) is 127 Å². The predicted molar refractivity (Wildman–Crippen MR) is 164 cm³/mol. The molecule has 0 amide bonds. The van der Waals surface area contributed by atoms with E-state index in [1.807, 2.05) is 36.4 Å². The highest BCUT2D eigenvalue weighted by molar-refractivity contribution is 8.14. The SMILES string of the molecule is C=CC(=O)OCc1ccc(SC(=O)c2ccc(C#Cc3ccc(C#Cc4ccc(OC(=O)C(=C)F)cc4)cc3)cc2)cc1. The Labute approximate surface area is 253 Å². The second kappa shape index (κ2) is 14.8. The molecule has 43 heavy (non-hydrogen) atoms. The van der Waals surface area contributed by atoms with Crippen molar-refractivity contribution in [3.05, 3.63) is 156 Å². The maximum atomic E-state index is 12.8. The summed E-state index contributed by atoms with van der Waals surface area (Å²) in [5, 5.41) is -0.0931. The molecule has 0 atom stereocenters. The lowest BCUT2D eigenvalue weighted by Crippen LogP contribution is -2.07. The molecule has 0 aliphatic heterocycles. The predicted octanol–water partition coefficient (Wildman–Crippen LogP) is 7.04. The zero-order chi connectivity index (χ0) is 30.6. The molecular formula is C36H23FO5S. The Morgan fingerprint density at radius 1 is 0.721 bits per heavy atom. The minimum absolute atomic E-state index is 0.0931. The molecule has 0 saturated carbocycles. The van der Waals surface area contributed by atoms with Gasteiger partial charge in [0, 0.05) is 38.8 Å². The van der Waals surface area contributed by atoms with Crippen molar-refractivity contribution in [3.63, 3.8) is 0 Å². The van der Waals surface area contributed by atoms with Crippen molar-refractivity contribution in [1.82, 2.24) is 0 Å². The van der Waals surface area contributed by atoms with Crippen molar-refractivity contribution in [2.75, 3.05) is 0 Å². The van der Waals surface area contributed by atoms with Gasteiger partial charge in [-0.1, -0.05) is 49.0 Å². The van der Waals surface area contributed by atoms with Crippen LogP contribution in [0, 0.1) is 23.7 Å². The second-order valence-corrected chi connectivity index (χ2v) is 9.87. The average Bonchev–Trinajstić information content (AvgIpc) is 3.03. The smallest absolute Gasteiger partial charge is 0.371 e. The summed E-state index contributed by atoms with van der Waals surface area (Å²) in [5.41, 5.74) is 4.45.